The van der Waals surface area contributed by atoms with Crippen molar-refractivity contribution < 1.29 is 4.79 Å². The minimum atomic E-state index is -0.411. The predicted octanol–water partition coefficient (Wildman–Crippen LogP) is 2.51. The van der Waals surface area contributed by atoms with Crippen LogP contribution in [0.5, 0.6) is 0 Å². The first-order valence-corrected chi connectivity index (χ1v) is 6.25. The molecule has 2 rings (SSSR count). The monoisotopic (exact) mass is 278 g/mol. The lowest BCUT2D eigenvalue weighted by Gasteiger charge is -2.14. The van der Waals surface area contributed by atoms with Crippen LogP contribution in [0.2, 0.25) is 5.02 Å². The van der Waals surface area contributed by atoms with Gasteiger partial charge >= 0.3 is 0 Å². The van der Waals surface area contributed by atoms with E-state index in [2.05, 4.69) is 15.7 Å². The Bertz CT molecular complexity index is 582. The lowest BCUT2D eigenvalue weighted by molar-refractivity contribution is -0.116. The van der Waals surface area contributed by atoms with Gasteiger partial charge in [0.15, 0.2) is 0 Å². The topological polar surface area (TPSA) is 59.0 Å². The quantitative estimate of drug-likeness (QED) is 0.903. The van der Waals surface area contributed by atoms with Gasteiger partial charge in [0.2, 0.25) is 5.91 Å². The summed E-state index contributed by atoms with van der Waals surface area (Å²) < 4.78 is 1.67. The number of carbonyl (C=O) groups is 1. The smallest absolute Gasteiger partial charge is 0.246 e. The number of anilines is 2. The van der Waals surface area contributed by atoms with Gasteiger partial charge in [-0.05, 0) is 19.1 Å². The Hall–Kier alpha value is -2.01. The maximum Gasteiger partial charge on any atom is 0.246 e. The van der Waals surface area contributed by atoms with Crippen LogP contribution >= 0.6 is 11.6 Å². The second-order valence-corrected chi connectivity index (χ2v) is 4.62. The lowest BCUT2D eigenvalue weighted by Crippen LogP contribution is -2.32. The highest BCUT2D eigenvalue weighted by Gasteiger charge is 2.14. The molecule has 100 valence electrons. The van der Waals surface area contributed by atoms with Gasteiger partial charge in [-0.2, -0.15) is 5.10 Å². The Morgan fingerprint density at radius 3 is 2.74 bits per heavy atom. The maximum atomic E-state index is 12.0. The molecule has 0 saturated heterocycles. The third-order valence-corrected chi connectivity index (χ3v) is 2.93. The van der Waals surface area contributed by atoms with Crippen LogP contribution < -0.4 is 10.6 Å². The van der Waals surface area contributed by atoms with Crippen LogP contribution in [-0.2, 0) is 11.8 Å². The number of nitrogens with one attached hydrogen (secondary N) is 2. The average molecular weight is 279 g/mol. The molecule has 0 aliphatic carbocycles. The van der Waals surface area contributed by atoms with Gasteiger partial charge in [-0.15, -0.1) is 0 Å². The lowest BCUT2D eigenvalue weighted by atomic mass is 10.2. The molecule has 1 unspecified atom stereocenters. The van der Waals surface area contributed by atoms with E-state index in [-0.39, 0.29) is 5.91 Å². The fourth-order valence-corrected chi connectivity index (χ4v) is 1.77. The largest absolute Gasteiger partial charge is 0.357 e. The van der Waals surface area contributed by atoms with E-state index in [1.54, 1.807) is 36.0 Å². The molecule has 1 aromatic carbocycles. The molecule has 1 atom stereocenters. The molecule has 1 amide bonds. The van der Waals surface area contributed by atoms with Crippen LogP contribution in [0.15, 0.2) is 36.5 Å². The number of para-hydroxylation sites is 1. The van der Waals surface area contributed by atoms with Gasteiger partial charge in [-0.25, -0.2) is 0 Å². The number of rotatable bonds is 4. The number of carbonyl (C=O) groups excluding carboxylic acids is 1. The highest BCUT2D eigenvalue weighted by molar-refractivity contribution is 6.33. The van der Waals surface area contributed by atoms with Crippen LogP contribution in [0.1, 0.15) is 6.92 Å². The molecule has 0 fully saturated rings. The van der Waals surface area contributed by atoms with Crippen molar-refractivity contribution in [3.8, 4) is 0 Å². The first-order valence-electron chi connectivity index (χ1n) is 5.88. The number of hydrogen-bond donors (Lipinski definition) is 2. The fourth-order valence-electron chi connectivity index (χ4n) is 1.58. The van der Waals surface area contributed by atoms with E-state index in [9.17, 15) is 4.79 Å². The Balaban J connectivity index is 1.98. The molecular formula is C13H15ClN4O. The summed E-state index contributed by atoms with van der Waals surface area (Å²) in [6, 6.07) is 8.51. The van der Waals surface area contributed by atoms with Crippen LogP contribution in [-0.4, -0.2) is 21.7 Å². The summed E-state index contributed by atoms with van der Waals surface area (Å²) in [5.41, 5.74) is 0.601. The van der Waals surface area contributed by atoms with E-state index in [0.717, 1.165) is 0 Å². The minimum absolute atomic E-state index is 0.168. The molecule has 0 aliphatic heterocycles. The third-order valence-electron chi connectivity index (χ3n) is 2.60. The predicted molar refractivity (Wildman–Crippen MR) is 76.4 cm³/mol. The number of benzene rings is 1. The molecule has 0 saturated carbocycles. The van der Waals surface area contributed by atoms with E-state index in [0.29, 0.717) is 16.5 Å². The Morgan fingerprint density at radius 1 is 1.37 bits per heavy atom. The summed E-state index contributed by atoms with van der Waals surface area (Å²) in [6.07, 6.45) is 1.81. The van der Waals surface area contributed by atoms with Crippen molar-refractivity contribution in [2.75, 3.05) is 10.6 Å². The van der Waals surface area contributed by atoms with E-state index in [4.69, 9.17) is 11.6 Å². The molecule has 1 aromatic heterocycles. The van der Waals surface area contributed by atoms with Crippen molar-refractivity contribution in [1.82, 2.24) is 9.78 Å². The second kappa shape index (κ2) is 5.75. The molecule has 1 heterocycles. The van der Waals surface area contributed by atoms with Gasteiger partial charge in [-0.1, -0.05) is 23.7 Å². The first-order chi connectivity index (χ1) is 9.06. The molecule has 0 bridgehead atoms. The Kier molecular flexibility index (Phi) is 4.06. The van der Waals surface area contributed by atoms with Crippen molar-refractivity contribution >= 4 is 29.0 Å². The number of halogens is 1. The fraction of sp³-hybridized carbons (Fsp3) is 0.231. The number of nitrogens with zero attached hydrogens (tertiary/aromatic N) is 2. The van der Waals surface area contributed by atoms with Crippen molar-refractivity contribution in [1.29, 1.82) is 0 Å². The van der Waals surface area contributed by atoms with Gasteiger partial charge in [0.25, 0.3) is 0 Å². The SMILES string of the molecule is CC(Nc1ccn(C)n1)C(=O)Nc1ccccc1Cl. The number of aromatic nitrogens is 2. The molecule has 6 heteroatoms. The van der Waals surface area contributed by atoms with E-state index >= 15 is 0 Å². The number of amides is 1. The molecule has 0 aliphatic rings. The summed E-state index contributed by atoms with van der Waals surface area (Å²) in [7, 11) is 1.82. The van der Waals surface area contributed by atoms with Gasteiger partial charge in [0.1, 0.15) is 11.9 Å². The van der Waals surface area contributed by atoms with Gasteiger partial charge < -0.3 is 10.6 Å². The van der Waals surface area contributed by atoms with Gasteiger partial charge in [-0.3, -0.25) is 9.48 Å². The molecule has 0 radical (unpaired) electrons. The molecule has 5 nitrogen and oxygen atoms in total. The Morgan fingerprint density at radius 2 is 2.11 bits per heavy atom. The zero-order valence-corrected chi connectivity index (χ0v) is 11.5. The number of hydrogen-bond acceptors (Lipinski definition) is 3. The molecule has 19 heavy (non-hydrogen) atoms. The maximum absolute atomic E-state index is 12.0. The van der Waals surface area contributed by atoms with Crippen molar-refractivity contribution in [2.45, 2.75) is 13.0 Å². The van der Waals surface area contributed by atoms with Gasteiger partial charge in [0, 0.05) is 19.3 Å². The average Bonchev–Trinajstić information content (AvgIpc) is 2.77. The highest BCUT2D eigenvalue weighted by Crippen LogP contribution is 2.20. The highest BCUT2D eigenvalue weighted by atomic mass is 35.5. The van der Waals surface area contributed by atoms with E-state index < -0.39 is 6.04 Å². The first kappa shape index (κ1) is 13.4. The van der Waals surface area contributed by atoms with Crippen LogP contribution in [0.3, 0.4) is 0 Å². The molecule has 2 N–H and O–H groups in total. The van der Waals surface area contributed by atoms with Gasteiger partial charge in [0.05, 0.1) is 10.7 Å². The summed E-state index contributed by atoms with van der Waals surface area (Å²) in [5.74, 6) is 0.489. The summed E-state index contributed by atoms with van der Waals surface area (Å²) >= 11 is 5.99. The minimum Gasteiger partial charge on any atom is -0.357 e. The standard InChI is InChI=1S/C13H15ClN4O/c1-9(15-12-7-8-18(2)17-12)13(19)16-11-6-4-3-5-10(11)14/h3-9H,1-2H3,(H,15,17)(H,16,19). The zero-order valence-electron chi connectivity index (χ0n) is 10.7. The van der Waals surface area contributed by atoms with E-state index in [1.165, 1.54) is 0 Å². The molecular weight excluding hydrogens is 264 g/mol. The Labute approximate surface area is 116 Å². The normalized spacial score (nSPS) is 11.9. The van der Waals surface area contributed by atoms with Crippen molar-refractivity contribution in [2.24, 2.45) is 7.05 Å². The summed E-state index contributed by atoms with van der Waals surface area (Å²) in [6.45, 7) is 1.76. The van der Waals surface area contributed by atoms with Crippen molar-refractivity contribution in [3.63, 3.8) is 0 Å². The molecule has 2 aromatic rings. The van der Waals surface area contributed by atoms with Crippen LogP contribution in [0.25, 0.3) is 0 Å². The second-order valence-electron chi connectivity index (χ2n) is 4.21. The third kappa shape index (κ3) is 3.48. The van der Waals surface area contributed by atoms with Crippen molar-refractivity contribution in [3.05, 3.63) is 41.6 Å². The molecule has 0 spiro atoms. The van der Waals surface area contributed by atoms with E-state index in [1.807, 2.05) is 19.2 Å². The summed E-state index contributed by atoms with van der Waals surface area (Å²) in [4.78, 5) is 12.0. The van der Waals surface area contributed by atoms with Crippen LogP contribution in [0, 0.1) is 0 Å². The zero-order chi connectivity index (χ0) is 13.8. The summed E-state index contributed by atoms with van der Waals surface area (Å²) in [5, 5.41) is 10.5. The number of aryl methyl sites for hydroxylation is 1. The van der Waals surface area contributed by atoms with Crippen LogP contribution in [0.4, 0.5) is 11.5 Å².